The van der Waals surface area contributed by atoms with E-state index in [0.717, 1.165) is 20.0 Å². The molecule has 0 aromatic heterocycles. The minimum absolute atomic E-state index is 0.843. The molecular formula is C11H24NP. The summed E-state index contributed by atoms with van der Waals surface area (Å²) in [5.74, 6) is 0.843. The fraction of sp³-hybridized carbons (Fsp3) is 1.00. The lowest BCUT2D eigenvalue weighted by molar-refractivity contribution is 0.220. The van der Waals surface area contributed by atoms with Crippen LogP contribution in [0.4, 0.5) is 0 Å². The molecule has 1 heterocycles. The molecule has 0 saturated carbocycles. The molecule has 3 unspecified atom stereocenters. The highest BCUT2D eigenvalue weighted by atomic mass is 31.1. The second-order valence-electron chi connectivity index (χ2n) is 4.25. The van der Waals surface area contributed by atoms with Gasteiger partial charge < -0.3 is 0 Å². The highest BCUT2D eigenvalue weighted by molar-refractivity contribution is 7.39. The molecule has 1 fully saturated rings. The van der Waals surface area contributed by atoms with E-state index in [4.69, 9.17) is 0 Å². The SMILES string of the molecule is CCC(C)PC(C)N1CCCCC1. The molecule has 13 heavy (non-hydrogen) atoms. The molecule has 3 atom stereocenters. The first-order chi connectivity index (χ1) is 6.24. The van der Waals surface area contributed by atoms with Crippen molar-refractivity contribution in [1.29, 1.82) is 0 Å². The van der Waals surface area contributed by atoms with Gasteiger partial charge in [-0.25, -0.2) is 0 Å². The van der Waals surface area contributed by atoms with Gasteiger partial charge in [0.05, 0.1) is 0 Å². The number of hydrogen-bond acceptors (Lipinski definition) is 1. The number of nitrogens with zero attached hydrogens (tertiary/aromatic N) is 1. The molecule has 1 aliphatic heterocycles. The third-order valence-electron chi connectivity index (χ3n) is 3.08. The van der Waals surface area contributed by atoms with Crippen molar-refractivity contribution < 1.29 is 0 Å². The zero-order valence-corrected chi connectivity index (χ0v) is 10.3. The Hall–Kier alpha value is 0.390. The first-order valence-corrected chi connectivity index (χ1v) is 6.89. The molecule has 0 spiro atoms. The summed E-state index contributed by atoms with van der Waals surface area (Å²) in [5, 5.41) is 0. The minimum Gasteiger partial charge on any atom is -0.297 e. The van der Waals surface area contributed by atoms with Crippen LogP contribution in [0.15, 0.2) is 0 Å². The van der Waals surface area contributed by atoms with Crippen LogP contribution in [0, 0.1) is 0 Å². The van der Waals surface area contributed by atoms with Crippen LogP contribution in [0.1, 0.15) is 46.5 Å². The normalized spacial score (nSPS) is 25.2. The monoisotopic (exact) mass is 201 g/mol. The first kappa shape index (κ1) is 11.5. The predicted octanol–water partition coefficient (Wildman–Crippen LogP) is 3.30. The molecule has 0 bridgehead atoms. The van der Waals surface area contributed by atoms with Crippen LogP contribution in [-0.2, 0) is 0 Å². The third kappa shape index (κ3) is 3.95. The van der Waals surface area contributed by atoms with Gasteiger partial charge in [-0.1, -0.05) is 20.3 Å². The zero-order valence-electron chi connectivity index (χ0n) is 9.34. The maximum Gasteiger partial charge on any atom is 0.0242 e. The standard InChI is InChI=1S/C11H24NP/c1-4-10(2)13-11(3)12-8-6-5-7-9-12/h10-11,13H,4-9H2,1-3H3. The molecule has 0 amide bonds. The maximum absolute atomic E-state index is 2.69. The van der Waals surface area contributed by atoms with E-state index in [2.05, 4.69) is 25.7 Å². The van der Waals surface area contributed by atoms with Crippen molar-refractivity contribution in [2.75, 3.05) is 13.1 Å². The average molecular weight is 201 g/mol. The van der Waals surface area contributed by atoms with Crippen molar-refractivity contribution in [3.63, 3.8) is 0 Å². The van der Waals surface area contributed by atoms with Crippen LogP contribution in [0.25, 0.3) is 0 Å². The molecule has 1 saturated heterocycles. The van der Waals surface area contributed by atoms with E-state index in [1.165, 1.54) is 38.8 Å². The van der Waals surface area contributed by atoms with Gasteiger partial charge in [-0.15, -0.1) is 8.58 Å². The van der Waals surface area contributed by atoms with E-state index < -0.39 is 0 Å². The Labute approximate surface area is 85.1 Å². The highest BCUT2D eigenvalue weighted by Crippen LogP contribution is 2.31. The van der Waals surface area contributed by atoms with E-state index in [0.29, 0.717) is 0 Å². The third-order valence-corrected chi connectivity index (χ3v) is 4.90. The second kappa shape index (κ2) is 5.98. The molecule has 0 aromatic rings. The van der Waals surface area contributed by atoms with Crippen molar-refractivity contribution in [2.24, 2.45) is 0 Å². The summed E-state index contributed by atoms with van der Waals surface area (Å²) in [5.41, 5.74) is 0.928. The molecule has 78 valence electrons. The van der Waals surface area contributed by atoms with Gasteiger partial charge in [-0.3, -0.25) is 4.90 Å². The van der Waals surface area contributed by atoms with Gasteiger partial charge in [-0.05, 0) is 44.9 Å². The summed E-state index contributed by atoms with van der Waals surface area (Å²) < 4.78 is 0. The molecule has 0 N–H and O–H groups in total. The Balaban J connectivity index is 2.24. The number of likely N-dealkylation sites (tertiary alicyclic amines) is 1. The molecule has 0 aromatic carbocycles. The lowest BCUT2D eigenvalue weighted by Crippen LogP contribution is -2.35. The molecule has 1 aliphatic rings. The predicted molar refractivity (Wildman–Crippen MR) is 63.0 cm³/mol. The average Bonchev–Trinajstić information content (AvgIpc) is 2.19. The Morgan fingerprint density at radius 1 is 1.15 bits per heavy atom. The smallest absolute Gasteiger partial charge is 0.0242 e. The maximum atomic E-state index is 2.69. The second-order valence-corrected chi connectivity index (χ2v) is 6.40. The fourth-order valence-corrected chi connectivity index (χ4v) is 3.47. The summed E-state index contributed by atoms with van der Waals surface area (Å²) in [6.45, 7) is 9.81. The van der Waals surface area contributed by atoms with E-state index in [-0.39, 0.29) is 0 Å². The largest absolute Gasteiger partial charge is 0.297 e. The topological polar surface area (TPSA) is 3.24 Å². The molecule has 0 radical (unpaired) electrons. The lowest BCUT2D eigenvalue weighted by atomic mass is 10.1. The minimum atomic E-state index is 0.843. The molecule has 1 rings (SSSR count). The number of rotatable bonds is 4. The van der Waals surface area contributed by atoms with Crippen LogP contribution in [0.5, 0.6) is 0 Å². The van der Waals surface area contributed by atoms with Crippen molar-refractivity contribution in [3.8, 4) is 0 Å². The Bertz CT molecular complexity index is 132. The zero-order chi connectivity index (χ0) is 9.68. The van der Waals surface area contributed by atoms with Gasteiger partial charge in [0.1, 0.15) is 0 Å². The van der Waals surface area contributed by atoms with Gasteiger partial charge in [0.15, 0.2) is 0 Å². The van der Waals surface area contributed by atoms with Gasteiger partial charge in [0.2, 0.25) is 0 Å². The quantitative estimate of drug-likeness (QED) is 0.631. The fourth-order valence-electron chi connectivity index (χ4n) is 1.94. The van der Waals surface area contributed by atoms with Gasteiger partial charge in [0.25, 0.3) is 0 Å². The number of hydrogen-bond donors (Lipinski definition) is 0. The van der Waals surface area contributed by atoms with E-state index >= 15 is 0 Å². The Morgan fingerprint density at radius 2 is 1.77 bits per heavy atom. The lowest BCUT2D eigenvalue weighted by Gasteiger charge is -2.33. The van der Waals surface area contributed by atoms with Crippen LogP contribution >= 0.6 is 8.58 Å². The molecule has 2 heteroatoms. The number of piperidine rings is 1. The van der Waals surface area contributed by atoms with Crippen molar-refractivity contribution in [3.05, 3.63) is 0 Å². The van der Waals surface area contributed by atoms with Crippen LogP contribution in [0.2, 0.25) is 0 Å². The van der Waals surface area contributed by atoms with Crippen LogP contribution in [-0.4, -0.2) is 29.4 Å². The summed E-state index contributed by atoms with van der Waals surface area (Å²) in [4.78, 5) is 2.69. The van der Waals surface area contributed by atoms with Crippen molar-refractivity contribution in [1.82, 2.24) is 4.90 Å². The van der Waals surface area contributed by atoms with Gasteiger partial charge in [-0.2, -0.15) is 0 Å². The van der Waals surface area contributed by atoms with E-state index in [9.17, 15) is 0 Å². The van der Waals surface area contributed by atoms with E-state index in [1.54, 1.807) is 0 Å². The van der Waals surface area contributed by atoms with Gasteiger partial charge in [0, 0.05) is 5.78 Å². The molecule has 1 nitrogen and oxygen atoms in total. The van der Waals surface area contributed by atoms with Crippen LogP contribution < -0.4 is 0 Å². The first-order valence-electron chi connectivity index (χ1n) is 5.74. The van der Waals surface area contributed by atoms with Crippen molar-refractivity contribution >= 4 is 8.58 Å². The summed E-state index contributed by atoms with van der Waals surface area (Å²) in [6, 6.07) is 0. The molecular weight excluding hydrogens is 177 g/mol. The van der Waals surface area contributed by atoms with E-state index in [1.807, 2.05) is 0 Å². The molecule has 0 aliphatic carbocycles. The summed E-state index contributed by atoms with van der Waals surface area (Å²) in [7, 11) is 1.14. The van der Waals surface area contributed by atoms with Crippen LogP contribution in [0.3, 0.4) is 0 Å². The summed E-state index contributed by atoms with van der Waals surface area (Å²) >= 11 is 0. The van der Waals surface area contributed by atoms with Gasteiger partial charge >= 0.3 is 0 Å². The van der Waals surface area contributed by atoms with Crippen molar-refractivity contribution in [2.45, 2.75) is 57.9 Å². The highest BCUT2D eigenvalue weighted by Gasteiger charge is 2.17. The summed E-state index contributed by atoms with van der Waals surface area (Å²) in [6.07, 6.45) is 5.65. The Morgan fingerprint density at radius 3 is 2.31 bits per heavy atom. The Kier molecular flexibility index (Phi) is 5.28.